The Morgan fingerprint density at radius 3 is 1.71 bits per heavy atom. The fourth-order valence-corrected chi connectivity index (χ4v) is 3.26. The van der Waals surface area contributed by atoms with Gasteiger partial charge in [-0.3, -0.25) is 29.0 Å². The molecule has 0 saturated carbocycles. The molecule has 0 saturated heterocycles. The van der Waals surface area contributed by atoms with E-state index in [2.05, 4.69) is 20.9 Å². The number of aliphatic imine (C=N–C) groups is 1. The van der Waals surface area contributed by atoms with E-state index in [-0.39, 0.29) is 50.5 Å². The second-order valence-corrected chi connectivity index (χ2v) is 9.14. The van der Waals surface area contributed by atoms with Gasteiger partial charge in [-0.05, 0) is 38.0 Å². The fourth-order valence-electron chi connectivity index (χ4n) is 3.26. The van der Waals surface area contributed by atoms with Gasteiger partial charge < -0.3 is 49.1 Å². The molecule has 0 aromatic rings. The van der Waals surface area contributed by atoms with Crippen LogP contribution in [-0.4, -0.2) is 82.5 Å². The zero-order valence-corrected chi connectivity index (χ0v) is 21.6. The Kier molecular flexibility index (Phi) is 15.7. The first kappa shape index (κ1) is 34.0. The Bertz CT molecular complexity index is 875. The van der Waals surface area contributed by atoms with Crippen LogP contribution in [-0.2, 0) is 28.8 Å². The summed E-state index contributed by atoms with van der Waals surface area (Å²) in [5, 5.41) is 25.5. The van der Waals surface area contributed by atoms with Crippen molar-refractivity contribution >= 4 is 41.5 Å². The number of carbonyl (C=O) groups is 6. The molecule has 0 radical (unpaired) electrons. The average molecular weight is 545 g/mol. The number of carboxylic acids is 2. The number of aliphatic carboxylic acids is 2. The Morgan fingerprint density at radius 2 is 1.26 bits per heavy atom. The minimum Gasteiger partial charge on any atom is -0.481 e. The van der Waals surface area contributed by atoms with Gasteiger partial charge in [0.1, 0.15) is 18.1 Å². The van der Waals surface area contributed by atoms with Gasteiger partial charge in [-0.15, -0.1) is 0 Å². The highest BCUT2D eigenvalue weighted by atomic mass is 16.4. The molecule has 4 unspecified atom stereocenters. The van der Waals surface area contributed by atoms with Crippen LogP contribution in [0, 0.1) is 5.92 Å². The molecule has 4 amide bonds. The van der Waals surface area contributed by atoms with Gasteiger partial charge in [-0.1, -0.05) is 13.8 Å². The van der Waals surface area contributed by atoms with E-state index >= 15 is 0 Å². The first-order valence-electron chi connectivity index (χ1n) is 12.1. The predicted molar refractivity (Wildman–Crippen MR) is 136 cm³/mol. The number of hydrogen-bond acceptors (Lipinski definition) is 8. The van der Waals surface area contributed by atoms with Crippen LogP contribution in [0.3, 0.4) is 0 Å². The summed E-state index contributed by atoms with van der Waals surface area (Å²) in [6, 6.07) is -5.10. The average Bonchev–Trinajstić information content (AvgIpc) is 2.80. The molecule has 0 aliphatic heterocycles. The summed E-state index contributed by atoms with van der Waals surface area (Å²) < 4.78 is 0. The quantitative estimate of drug-likeness (QED) is 0.0450. The number of rotatable bonds is 19. The molecule has 38 heavy (non-hydrogen) atoms. The highest BCUT2D eigenvalue weighted by molar-refractivity contribution is 5.94. The monoisotopic (exact) mass is 544 g/mol. The van der Waals surface area contributed by atoms with Gasteiger partial charge in [-0.25, -0.2) is 4.79 Å². The number of nitrogens with two attached hydrogens (primary N) is 4. The first-order chi connectivity index (χ1) is 17.6. The van der Waals surface area contributed by atoms with Crippen molar-refractivity contribution in [2.24, 2.45) is 33.8 Å². The first-order valence-corrected chi connectivity index (χ1v) is 12.1. The van der Waals surface area contributed by atoms with Crippen LogP contribution in [0.25, 0.3) is 0 Å². The third-order valence-corrected chi connectivity index (χ3v) is 5.22. The normalized spacial score (nSPS) is 13.9. The van der Waals surface area contributed by atoms with Crippen LogP contribution in [0.15, 0.2) is 4.99 Å². The van der Waals surface area contributed by atoms with Crippen LogP contribution < -0.4 is 38.9 Å². The van der Waals surface area contributed by atoms with Gasteiger partial charge >= 0.3 is 11.9 Å². The van der Waals surface area contributed by atoms with Crippen molar-refractivity contribution in [1.82, 2.24) is 16.0 Å². The standard InChI is InChI=1S/C22H40N8O8/c1-11(2)10-15(21(37)38)30-20(36)14(6-8-17(32)33)29-19(35)13(5-7-16(24)31)28-18(34)12(23)4-3-9-27-22(25)26/h11-15H,3-10,23H2,1-2H3,(H2,24,31)(H,28,34)(H,29,35)(H,30,36)(H,32,33)(H,37,38)(H4,25,26,27). The molecule has 0 aliphatic carbocycles. The maximum atomic E-state index is 13.0. The summed E-state index contributed by atoms with van der Waals surface area (Å²) in [5.41, 5.74) is 21.5. The minimum absolute atomic E-state index is 0.0828. The van der Waals surface area contributed by atoms with Crippen LogP contribution in [0.1, 0.15) is 58.8 Å². The smallest absolute Gasteiger partial charge is 0.326 e. The maximum Gasteiger partial charge on any atom is 0.326 e. The fraction of sp³-hybridized carbons (Fsp3) is 0.682. The number of nitrogens with zero attached hydrogens (tertiary/aromatic N) is 1. The predicted octanol–water partition coefficient (Wildman–Crippen LogP) is -2.92. The highest BCUT2D eigenvalue weighted by Gasteiger charge is 2.31. The molecule has 0 spiro atoms. The topological polar surface area (TPSA) is 295 Å². The lowest BCUT2D eigenvalue weighted by Gasteiger charge is -2.25. The van der Waals surface area contributed by atoms with Crippen LogP contribution >= 0.6 is 0 Å². The molecular formula is C22H40N8O8. The molecule has 0 heterocycles. The van der Waals surface area contributed by atoms with E-state index in [4.69, 9.17) is 28.0 Å². The second kappa shape index (κ2) is 17.5. The van der Waals surface area contributed by atoms with Crippen molar-refractivity contribution in [3.05, 3.63) is 0 Å². The summed E-state index contributed by atoms with van der Waals surface area (Å²) in [7, 11) is 0. The summed E-state index contributed by atoms with van der Waals surface area (Å²) in [4.78, 5) is 76.0. The number of primary amides is 1. The molecule has 0 bridgehead atoms. The van der Waals surface area contributed by atoms with Gasteiger partial charge in [-0.2, -0.15) is 0 Å². The third kappa shape index (κ3) is 15.2. The number of guanidine groups is 1. The van der Waals surface area contributed by atoms with Crippen molar-refractivity contribution in [2.75, 3.05) is 6.54 Å². The number of amides is 4. The summed E-state index contributed by atoms with van der Waals surface area (Å²) >= 11 is 0. The molecule has 0 aliphatic rings. The molecule has 216 valence electrons. The van der Waals surface area contributed by atoms with Gasteiger partial charge in [0.15, 0.2) is 5.96 Å². The zero-order chi connectivity index (χ0) is 29.4. The van der Waals surface area contributed by atoms with Crippen LogP contribution in [0.2, 0.25) is 0 Å². The molecule has 0 aromatic heterocycles. The summed E-state index contributed by atoms with van der Waals surface area (Å²) in [5.74, 6) is -6.05. The van der Waals surface area contributed by atoms with Crippen molar-refractivity contribution in [2.45, 2.75) is 83.0 Å². The number of hydrogen-bond donors (Lipinski definition) is 9. The Morgan fingerprint density at radius 1 is 0.763 bits per heavy atom. The van der Waals surface area contributed by atoms with Crippen molar-refractivity contribution < 1.29 is 39.0 Å². The Balaban J connectivity index is 5.57. The van der Waals surface area contributed by atoms with Crippen molar-refractivity contribution in [3.8, 4) is 0 Å². The van der Waals surface area contributed by atoms with Crippen molar-refractivity contribution in [3.63, 3.8) is 0 Å². The Hall–Kier alpha value is -3.95. The number of carbonyl (C=O) groups excluding carboxylic acids is 4. The van der Waals surface area contributed by atoms with Gasteiger partial charge in [0.25, 0.3) is 0 Å². The van der Waals surface area contributed by atoms with E-state index < -0.39 is 66.2 Å². The van der Waals surface area contributed by atoms with E-state index in [1.54, 1.807) is 13.8 Å². The van der Waals surface area contributed by atoms with E-state index in [9.17, 15) is 33.9 Å². The van der Waals surface area contributed by atoms with E-state index in [1.165, 1.54) is 0 Å². The van der Waals surface area contributed by atoms with Gasteiger partial charge in [0.05, 0.1) is 6.04 Å². The molecule has 0 fully saturated rings. The van der Waals surface area contributed by atoms with Crippen LogP contribution in [0.5, 0.6) is 0 Å². The molecule has 0 aromatic carbocycles. The van der Waals surface area contributed by atoms with Crippen molar-refractivity contribution in [1.29, 1.82) is 0 Å². The molecule has 4 atom stereocenters. The van der Waals surface area contributed by atoms with E-state index in [0.29, 0.717) is 6.42 Å². The lowest BCUT2D eigenvalue weighted by Crippen LogP contribution is -2.57. The minimum atomic E-state index is -1.44. The largest absolute Gasteiger partial charge is 0.481 e. The number of nitrogens with one attached hydrogen (secondary N) is 3. The molecule has 0 rings (SSSR count). The number of carboxylic acid groups (broad SMARTS) is 2. The van der Waals surface area contributed by atoms with Gasteiger partial charge in [0, 0.05) is 19.4 Å². The molecule has 16 nitrogen and oxygen atoms in total. The maximum absolute atomic E-state index is 13.0. The van der Waals surface area contributed by atoms with E-state index in [0.717, 1.165) is 0 Å². The molecule has 13 N–H and O–H groups in total. The summed E-state index contributed by atoms with van der Waals surface area (Å²) in [6.45, 7) is 3.73. The SMILES string of the molecule is CC(C)CC(NC(=O)C(CCC(=O)O)NC(=O)C(CCC(N)=O)NC(=O)C(N)CCCN=C(N)N)C(=O)O. The van der Waals surface area contributed by atoms with E-state index in [1.807, 2.05) is 0 Å². The molecular weight excluding hydrogens is 504 g/mol. The second-order valence-electron chi connectivity index (χ2n) is 9.14. The lowest BCUT2D eigenvalue weighted by molar-refractivity contribution is -0.143. The summed E-state index contributed by atoms with van der Waals surface area (Å²) in [6.07, 6.45) is -0.766. The zero-order valence-electron chi connectivity index (χ0n) is 21.6. The lowest BCUT2D eigenvalue weighted by atomic mass is 10.0. The third-order valence-electron chi connectivity index (χ3n) is 5.22. The van der Waals surface area contributed by atoms with Gasteiger partial charge in [0.2, 0.25) is 23.6 Å². The Labute approximate surface area is 220 Å². The van der Waals surface area contributed by atoms with Crippen LogP contribution in [0.4, 0.5) is 0 Å². The highest BCUT2D eigenvalue weighted by Crippen LogP contribution is 2.08. The molecule has 16 heteroatoms.